The van der Waals surface area contributed by atoms with Gasteiger partial charge in [0.25, 0.3) is 0 Å². The van der Waals surface area contributed by atoms with Crippen molar-refractivity contribution in [3.8, 4) is 11.4 Å². The minimum atomic E-state index is -0.0169. The van der Waals surface area contributed by atoms with E-state index in [0.717, 1.165) is 31.5 Å². The van der Waals surface area contributed by atoms with Crippen LogP contribution in [0.3, 0.4) is 0 Å². The zero-order valence-electron chi connectivity index (χ0n) is 20.4. The average Bonchev–Trinajstić information content (AvgIpc) is 3.37. The maximum Gasteiger partial charge on any atom is 0.241 e. The Kier molecular flexibility index (Phi) is 7.85. The summed E-state index contributed by atoms with van der Waals surface area (Å²) in [5.74, 6) is 1.31. The lowest BCUT2D eigenvalue weighted by Gasteiger charge is -2.30. The molecule has 0 saturated carbocycles. The second-order valence-corrected chi connectivity index (χ2v) is 9.83. The van der Waals surface area contributed by atoms with Crippen molar-refractivity contribution >= 4 is 5.91 Å². The summed E-state index contributed by atoms with van der Waals surface area (Å²) in [7, 11) is 0. The fraction of sp³-hybridized carbons (Fsp3) is 0.464. The van der Waals surface area contributed by atoms with Gasteiger partial charge in [0.15, 0.2) is 0 Å². The topological polar surface area (TPSA) is 74.5 Å². The minimum Gasteiger partial charge on any atom is -0.352 e. The van der Waals surface area contributed by atoms with Crippen molar-refractivity contribution in [1.82, 2.24) is 25.3 Å². The molecule has 2 aromatic carbocycles. The van der Waals surface area contributed by atoms with Gasteiger partial charge < -0.3 is 9.84 Å². The number of hydrogen-bond acceptors (Lipinski definition) is 6. The summed E-state index contributed by atoms with van der Waals surface area (Å²) in [4.78, 5) is 22.3. The smallest absolute Gasteiger partial charge is 0.241 e. The van der Waals surface area contributed by atoms with Gasteiger partial charge in [-0.05, 0) is 56.4 Å². The van der Waals surface area contributed by atoms with Crippen molar-refractivity contribution in [1.29, 1.82) is 0 Å². The summed E-state index contributed by atoms with van der Waals surface area (Å²) in [6, 6.07) is 18.5. The largest absolute Gasteiger partial charge is 0.352 e. The number of amides is 1. The number of likely N-dealkylation sites (tertiary alicyclic amines) is 2. The van der Waals surface area contributed by atoms with Gasteiger partial charge in [-0.3, -0.25) is 14.6 Å². The summed E-state index contributed by atoms with van der Waals surface area (Å²) in [6.07, 6.45) is 5.86. The van der Waals surface area contributed by atoms with Crippen LogP contribution in [0.4, 0.5) is 0 Å². The first-order valence-corrected chi connectivity index (χ1v) is 12.9. The number of nitrogens with one attached hydrogen (secondary N) is 1. The standard InChI is InChI=1S/C28H35N5O2/c34-28(29-18-22-9-7-10-23(17-22)19-32-14-5-2-6-15-32)25-13-8-16-33(20-25)21-26-30-27(31-35-26)24-11-3-1-4-12-24/h1,3-4,7,9-12,17,25H,2,5-6,8,13-16,18-21H2,(H,29,34). The van der Waals surface area contributed by atoms with E-state index in [9.17, 15) is 4.79 Å². The summed E-state index contributed by atoms with van der Waals surface area (Å²) >= 11 is 0. The molecule has 2 saturated heterocycles. The fourth-order valence-electron chi connectivity index (χ4n) is 5.18. The molecule has 1 atom stereocenters. The molecule has 0 radical (unpaired) electrons. The monoisotopic (exact) mass is 473 g/mol. The summed E-state index contributed by atoms with van der Waals surface area (Å²) in [5, 5.41) is 7.30. The average molecular weight is 474 g/mol. The maximum atomic E-state index is 13.0. The van der Waals surface area contributed by atoms with Crippen LogP contribution in [0.2, 0.25) is 0 Å². The van der Waals surface area contributed by atoms with Gasteiger partial charge in [0.05, 0.1) is 12.5 Å². The van der Waals surface area contributed by atoms with Crippen molar-refractivity contribution in [3.63, 3.8) is 0 Å². The van der Waals surface area contributed by atoms with Crippen molar-refractivity contribution in [2.24, 2.45) is 5.92 Å². The van der Waals surface area contributed by atoms with E-state index in [2.05, 4.69) is 49.5 Å². The van der Waals surface area contributed by atoms with Gasteiger partial charge in [0, 0.05) is 25.2 Å². The van der Waals surface area contributed by atoms with Crippen molar-refractivity contribution in [3.05, 3.63) is 71.6 Å². The Morgan fingerprint density at radius 2 is 1.71 bits per heavy atom. The first-order chi connectivity index (χ1) is 17.2. The third-order valence-electron chi connectivity index (χ3n) is 7.05. The first kappa shape index (κ1) is 23.7. The van der Waals surface area contributed by atoms with Crippen LogP contribution in [0, 0.1) is 5.92 Å². The van der Waals surface area contributed by atoms with Crippen molar-refractivity contribution < 1.29 is 9.32 Å². The Bertz CT molecular complexity index is 1090. The Morgan fingerprint density at radius 1 is 0.914 bits per heavy atom. The lowest BCUT2D eigenvalue weighted by molar-refractivity contribution is -0.127. The number of nitrogens with zero attached hydrogens (tertiary/aromatic N) is 4. The molecule has 5 rings (SSSR count). The molecule has 3 heterocycles. The Balaban J connectivity index is 1.11. The van der Waals surface area contributed by atoms with E-state index in [1.807, 2.05) is 30.3 Å². The van der Waals surface area contributed by atoms with Crippen LogP contribution >= 0.6 is 0 Å². The predicted molar refractivity (Wildman–Crippen MR) is 135 cm³/mol. The lowest BCUT2D eigenvalue weighted by atomic mass is 9.97. The molecule has 3 aromatic rings. The molecule has 35 heavy (non-hydrogen) atoms. The van der Waals surface area contributed by atoms with Crippen LogP contribution in [0.5, 0.6) is 0 Å². The molecule has 1 aromatic heterocycles. The maximum absolute atomic E-state index is 13.0. The third-order valence-corrected chi connectivity index (χ3v) is 7.05. The molecule has 0 bridgehead atoms. The molecule has 184 valence electrons. The van der Waals surface area contributed by atoms with Gasteiger partial charge in [-0.25, -0.2) is 0 Å². The van der Waals surface area contributed by atoms with E-state index < -0.39 is 0 Å². The highest BCUT2D eigenvalue weighted by Gasteiger charge is 2.27. The quantitative estimate of drug-likeness (QED) is 0.527. The van der Waals surface area contributed by atoms with Crippen molar-refractivity contribution in [2.75, 3.05) is 26.2 Å². The highest BCUT2D eigenvalue weighted by molar-refractivity contribution is 5.79. The molecule has 0 spiro atoms. The number of carbonyl (C=O) groups excluding carboxylic acids is 1. The molecular formula is C28H35N5O2. The highest BCUT2D eigenvalue weighted by atomic mass is 16.5. The molecule has 2 fully saturated rings. The number of piperidine rings is 2. The zero-order valence-corrected chi connectivity index (χ0v) is 20.4. The molecule has 0 aliphatic carbocycles. The molecule has 1 amide bonds. The van der Waals surface area contributed by atoms with E-state index in [-0.39, 0.29) is 11.8 Å². The van der Waals surface area contributed by atoms with E-state index in [0.29, 0.717) is 31.3 Å². The van der Waals surface area contributed by atoms with E-state index in [1.165, 1.54) is 43.5 Å². The fourth-order valence-corrected chi connectivity index (χ4v) is 5.18. The molecular weight excluding hydrogens is 438 g/mol. The lowest BCUT2D eigenvalue weighted by Crippen LogP contribution is -2.42. The molecule has 2 aliphatic rings. The summed E-state index contributed by atoms with van der Waals surface area (Å²) in [5.41, 5.74) is 3.44. The van der Waals surface area contributed by atoms with E-state index in [4.69, 9.17) is 4.52 Å². The van der Waals surface area contributed by atoms with Gasteiger partial charge in [-0.2, -0.15) is 4.98 Å². The second kappa shape index (κ2) is 11.6. The van der Waals surface area contributed by atoms with Crippen LogP contribution in [-0.4, -0.2) is 52.0 Å². The SMILES string of the molecule is O=C(NCc1cccc(CN2CCCCC2)c1)C1CCCN(Cc2nc(-c3ccccc3)no2)C1. The number of carbonyl (C=O) groups is 1. The van der Waals surface area contributed by atoms with Crippen LogP contribution < -0.4 is 5.32 Å². The third kappa shape index (κ3) is 6.55. The summed E-state index contributed by atoms with van der Waals surface area (Å²) in [6.45, 7) is 6.18. The van der Waals surface area contributed by atoms with Gasteiger partial charge in [0.1, 0.15) is 0 Å². The predicted octanol–water partition coefficient (Wildman–Crippen LogP) is 4.25. The first-order valence-electron chi connectivity index (χ1n) is 12.9. The van der Waals surface area contributed by atoms with Crippen LogP contribution in [0.15, 0.2) is 59.1 Å². The van der Waals surface area contributed by atoms with E-state index in [1.54, 1.807) is 0 Å². The minimum absolute atomic E-state index is 0.0169. The van der Waals surface area contributed by atoms with Crippen LogP contribution in [0.1, 0.15) is 49.1 Å². The summed E-state index contributed by atoms with van der Waals surface area (Å²) < 4.78 is 5.48. The van der Waals surface area contributed by atoms with Crippen LogP contribution in [-0.2, 0) is 24.4 Å². The number of rotatable bonds is 8. The second-order valence-electron chi connectivity index (χ2n) is 9.83. The Labute approximate surface area is 207 Å². The molecule has 7 nitrogen and oxygen atoms in total. The highest BCUT2D eigenvalue weighted by Crippen LogP contribution is 2.21. The number of aromatic nitrogens is 2. The van der Waals surface area contributed by atoms with Gasteiger partial charge in [0.2, 0.25) is 17.6 Å². The Morgan fingerprint density at radius 3 is 2.57 bits per heavy atom. The molecule has 1 unspecified atom stereocenters. The van der Waals surface area contributed by atoms with Gasteiger partial charge in [-0.1, -0.05) is 66.2 Å². The van der Waals surface area contributed by atoms with Crippen molar-refractivity contribution in [2.45, 2.75) is 51.7 Å². The van der Waals surface area contributed by atoms with E-state index >= 15 is 0 Å². The molecule has 2 aliphatic heterocycles. The zero-order chi connectivity index (χ0) is 23.9. The van der Waals surface area contributed by atoms with Gasteiger partial charge in [-0.15, -0.1) is 0 Å². The van der Waals surface area contributed by atoms with Crippen LogP contribution in [0.25, 0.3) is 11.4 Å². The number of benzene rings is 2. The molecule has 7 heteroatoms. The number of hydrogen-bond donors (Lipinski definition) is 1. The normalized spacial score (nSPS) is 19.5. The Hall–Kier alpha value is -3.03. The molecule has 1 N–H and O–H groups in total. The van der Waals surface area contributed by atoms with Gasteiger partial charge >= 0.3 is 0 Å².